The minimum atomic E-state index is 0.369. The molecular weight excluding hydrogens is 240 g/mol. The summed E-state index contributed by atoms with van der Waals surface area (Å²) in [5.74, 6) is 0.919. The molecule has 17 heavy (non-hydrogen) atoms. The van der Waals surface area contributed by atoms with Gasteiger partial charge in [-0.15, -0.1) is 6.58 Å². The predicted octanol–water partition coefficient (Wildman–Crippen LogP) is 3.51. The molecule has 0 fully saturated rings. The number of rotatable bonds is 6. The minimum absolute atomic E-state index is 0.369. The molecule has 1 aromatic rings. The maximum Gasteiger partial charge on any atom is 0.179 e. The van der Waals surface area contributed by atoms with E-state index in [0.717, 1.165) is 12.0 Å². The van der Waals surface area contributed by atoms with Gasteiger partial charge in [-0.2, -0.15) is 0 Å². The van der Waals surface area contributed by atoms with E-state index in [4.69, 9.17) is 21.1 Å². The van der Waals surface area contributed by atoms with E-state index >= 15 is 0 Å². The monoisotopic (exact) mass is 254 g/mol. The van der Waals surface area contributed by atoms with Crippen molar-refractivity contribution in [3.05, 3.63) is 34.9 Å². The summed E-state index contributed by atoms with van der Waals surface area (Å²) in [7, 11) is 1.51. The second-order valence-corrected chi connectivity index (χ2v) is 4.11. The van der Waals surface area contributed by atoms with Crippen LogP contribution in [0, 0.1) is 0 Å². The first-order chi connectivity index (χ1) is 8.08. The Labute approximate surface area is 106 Å². The lowest BCUT2D eigenvalue weighted by atomic mass is 10.2. The molecule has 0 atom stereocenters. The first-order valence-corrected chi connectivity index (χ1v) is 5.56. The highest BCUT2D eigenvalue weighted by atomic mass is 35.5. The molecule has 0 heterocycles. The van der Waals surface area contributed by atoms with E-state index in [1.54, 1.807) is 12.1 Å². The van der Waals surface area contributed by atoms with Crippen LogP contribution in [0.4, 0.5) is 0 Å². The molecule has 0 saturated carbocycles. The van der Waals surface area contributed by atoms with E-state index in [9.17, 15) is 4.79 Å². The van der Waals surface area contributed by atoms with Crippen molar-refractivity contribution in [3.8, 4) is 11.5 Å². The molecule has 1 aromatic carbocycles. The topological polar surface area (TPSA) is 35.5 Å². The summed E-state index contributed by atoms with van der Waals surface area (Å²) < 4.78 is 10.7. The molecule has 1 rings (SSSR count). The van der Waals surface area contributed by atoms with Crippen molar-refractivity contribution in [2.45, 2.75) is 13.3 Å². The second kappa shape index (κ2) is 6.30. The third-order valence-electron chi connectivity index (χ3n) is 2.16. The van der Waals surface area contributed by atoms with Gasteiger partial charge >= 0.3 is 0 Å². The summed E-state index contributed by atoms with van der Waals surface area (Å²) in [5.41, 5.74) is 1.49. The number of hydrogen-bond acceptors (Lipinski definition) is 3. The van der Waals surface area contributed by atoms with Crippen LogP contribution in [-0.4, -0.2) is 20.0 Å². The second-order valence-electron chi connectivity index (χ2n) is 3.71. The summed E-state index contributed by atoms with van der Waals surface area (Å²) in [4.78, 5) is 10.7. The fourth-order valence-corrected chi connectivity index (χ4v) is 1.55. The largest absolute Gasteiger partial charge is 0.493 e. The van der Waals surface area contributed by atoms with E-state index in [-0.39, 0.29) is 0 Å². The maximum atomic E-state index is 10.7. The van der Waals surface area contributed by atoms with Crippen molar-refractivity contribution in [1.29, 1.82) is 0 Å². The first-order valence-electron chi connectivity index (χ1n) is 5.18. The van der Waals surface area contributed by atoms with Crippen molar-refractivity contribution in [3.63, 3.8) is 0 Å². The Hall–Kier alpha value is -1.48. The van der Waals surface area contributed by atoms with Gasteiger partial charge in [0, 0.05) is 12.0 Å². The van der Waals surface area contributed by atoms with Gasteiger partial charge in [-0.05, 0) is 19.1 Å². The number of ether oxygens (including phenoxy) is 2. The van der Waals surface area contributed by atoms with Crippen LogP contribution in [-0.2, 0) is 0 Å². The molecule has 3 nitrogen and oxygen atoms in total. The van der Waals surface area contributed by atoms with Crippen LogP contribution in [0.2, 0.25) is 5.02 Å². The van der Waals surface area contributed by atoms with E-state index in [2.05, 4.69) is 6.58 Å². The molecule has 0 N–H and O–H groups in total. The van der Waals surface area contributed by atoms with E-state index < -0.39 is 0 Å². The summed E-state index contributed by atoms with van der Waals surface area (Å²) >= 11 is 6.02. The lowest BCUT2D eigenvalue weighted by Gasteiger charge is -2.12. The smallest absolute Gasteiger partial charge is 0.179 e. The van der Waals surface area contributed by atoms with Crippen molar-refractivity contribution < 1.29 is 14.3 Å². The van der Waals surface area contributed by atoms with Crippen LogP contribution in [0.1, 0.15) is 23.7 Å². The summed E-state index contributed by atoms with van der Waals surface area (Å²) in [6.07, 6.45) is 1.46. The molecule has 0 unspecified atom stereocenters. The van der Waals surface area contributed by atoms with Gasteiger partial charge in [-0.25, -0.2) is 0 Å². The van der Waals surface area contributed by atoms with Crippen molar-refractivity contribution in [2.75, 3.05) is 13.7 Å². The molecule has 0 spiro atoms. The maximum absolute atomic E-state index is 10.7. The van der Waals surface area contributed by atoms with E-state index in [1.807, 2.05) is 6.92 Å². The van der Waals surface area contributed by atoms with E-state index in [1.165, 1.54) is 7.11 Å². The molecule has 92 valence electrons. The molecule has 0 aliphatic rings. The molecule has 0 aliphatic carbocycles. The zero-order valence-electron chi connectivity index (χ0n) is 9.96. The minimum Gasteiger partial charge on any atom is -0.493 e. The molecule has 0 bridgehead atoms. The Morgan fingerprint density at radius 2 is 2.24 bits per heavy atom. The van der Waals surface area contributed by atoms with Gasteiger partial charge in [-0.3, -0.25) is 4.79 Å². The number of hydrogen-bond donors (Lipinski definition) is 0. The molecule has 0 amide bonds. The van der Waals surface area contributed by atoms with Crippen LogP contribution in [0.15, 0.2) is 24.3 Å². The normalized spacial score (nSPS) is 9.82. The average Bonchev–Trinajstić information content (AvgIpc) is 2.30. The van der Waals surface area contributed by atoms with Gasteiger partial charge in [0.15, 0.2) is 11.5 Å². The van der Waals surface area contributed by atoms with Crippen LogP contribution in [0.5, 0.6) is 11.5 Å². The molecule has 0 radical (unpaired) electrons. The Kier molecular flexibility index (Phi) is 5.04. The van der Waals surface area contributed by atoms with Gasteiger partial charge in [0.05, 0.1) is 18.7 Å². The molecule has 0 aliphatic heterocycles. The summed E-state index contributed by atoms with van der Waals surface area (Å²) in [6, 6.07) is 3.14. The molecule has 0 saturated heterocycles. The lowest BCUT2D eigenvalue weighted by molar-refractivity contribution is 0.112. The van der Waals surface area contributed by atoms with Gasteiger partial charge in [0.25, 0.3) is 0 Å². The van der Waals surface area contributed by atoms with Crippen LogP contribution in [0.3, 0.4) is 0 Å². The van der Waals surface area contributed by atoms with Crippen LogP contribution in [0.25, 0.3) is 0 Å². The number of benzene rings is 1. The van der Waals surface area contributed by atoms with Gasteiger partial charge < -0.3 is 9.47 Å². The van der Waals surface area contributed by atoms with Gasteiger partial charge in [0.1, 0.15) is 6.29 Å². The Balaban J connectivity index is 2.89. The zero-order valence-corrected chi connectivity index (χ0v) is 10.7. The van der Waals surface area contributed by atoms with Crippen molar-refractivity contribution in [1.82, 2.24) is 0 Å². The fraction of sp³-hybridized carbons (Fsp3) is 0.308. The van der Waals surface area contributed by atoms with E-state index in [0.29, 0.717) is 35.0 Å². The lowest BCUT2D eigenvalue weighted by Crippen LogP contribution is -2.01. The summed E-state index contributed by atoms with van der Waals surface area (Å²) in [6.45, 7) is 6.19. The standard InChI is InChI=1S/C13H15ClO3/c1-9(2)4-5-17-13-11(14)6-10(8-15)7-12(13)16-3/h6-8H,1,4-5H2,2-3H3. The highest BCUT2D eigenvalue weighted by Gasteiger charge is 2.11. The Morgan fingerprint density at radius 3 is 2.76 bits per heavy atom. The predicted molar refractivity (Wildman–Crippen MR) is 68.3 cm³/mol. The van der Waals surface area contributed by atoms with Crippen molar-refractivity contribution in [2.24, 2.45) is 0 Å². The SMILES string of the molecule is C=C(C)CCOc1c(Cl)cc(C=O)cc1OC. The van der Waals surface area contributed by atoms with Crippen molar-refractivity contribution >= 4 is 17.9 Å². The highest BCUT2D eigenvalue weighted by Crippen LogP contribution is 2.36. The molecular formula is C13H15ClO3. The quantitative estimate of drug-likeness (QED) is 0.576. The molecule has 0 aromatic heterocycles. The number of carbonyl (C=O) groups is 1. The number of methoxy groups -OCH3 is 1. The Morgan fingerprint density at radius 1 is 1.53 bits per heavy atom. The average molecular weight is 255 g/mol. The van der Waals surface area contributed by atoms with Gasteiger partial charge in [0.2, 0.25) is 0 Å². The third kappa shape index (κ3) is 3.79. The fourth-order valence-electron chi connectivity index (χ4n) is 1.28. The number of halogens is 1. The zero-order chi connectivity index (χ0) is 12.8. The highest BCUT2D eigenvalue weighted by molar-refractivity contribution is 6.32. The first kappa shape index (κ1) is 13.6. The molecule has 4 heteroatoms. The number of carbonyl (C=O) groups excluding carboxylic acids is 1. The van der Waals surface area contributed by atoms with Crippen LogP contribution < -0.4 is 9.47 Å². The third-order valence-corrected chi connectivity index (χ3v) is 2.44. The van der Waals surface area contributed by atoms with Gasteiger partial charge in [-0.1, -0.05) is 17.2 Å². The summed E-state index contributed by atoms with van der Waals surface area (Å²) in [5, 5.41) is 0.369. The Bertz CT molecular complexity index is 427. The number of aldehydes is 1. The van der Waals surface area contributed by atoms with Crippen LogP contribution >= 0.6 is 11.6 Å².